The molecule has 1 aliphatic rings. The Hall–Kier alpha value is -1.14. The minimum absolute atomic E-state index is 0.0910. The van der Waals surface area contributed by atoms with Crippen molar-refractivity contribution in [1.82, 2.24) is 15.2 Å². The van der Waals surface area contributed by atoms with Gasteiger partial charge >= 0.3 is 0 Å². The van der Waals surface area contributed by atoms with Gasteiger partial charge in [0.05, 0.1) is 12.6 Å². The van der Waals surface area contributed by atoms with Gasteiger partial charge in [-0.05, 0) is 26.3 Å². The maximum absolute atomic E-state index is 11.9. The van der Waals surface area contributed by atoms with Crippen LogP contribution in [0.15, 0.2) is 0 Å². The number of hydrogen-bond donors (Lipinski definition) is 2. The van der Waals surface area contributed by atoms with E-state index in [0.29, 0.717) is 6.42 Å². The van der Waals surface area contributed by atoms with Crippen LogP contribution in [-0.4, -0.2) is 54.3 Å². The molecule has 6 nitrogen and oxygen atoms in total. The van der Waals surface area contributed by atoms with E-state index in [-0.39, 0.29) is 24.4 Å². The van der Waals surface area contributed by atoms with Crippen LogP contribution in [0.2, 0.25) is 0 Å². The van der Waals surface area contributed by atoms with Crippen molar-refractivity contribution in [2.75, 3.05) is 26.7 Å². The Morgan fingerprint density at radius 2 is 2.00 bits per heavy atom. The molecule has 0 saturated carbocycles. The van der Waals surface area contributed by atoms with Crippen LogP contribution in [0, 0.1) is 0 Å². The standard InChI is InChI=1S/C11H22N4O2/c1-3-9(11(17)13-12)14(2)8-10(16)15-6-4-5-7-15/h9H,3-8,12H2,1-2H3,(H,13,17). The van der Waals surface area contributed by atoms with E-state index in [4.69, 9.17) is 5.84 Å². The number of amides is 2. The van der Waals surface area contributed by atoms with Crippen molar-refractivity contribution in [3.05, 3.63) is 0 Å². The van der Waals surface area contributed by atoms with Crippen LogP contribution in [0.25, 0.3) is 0 Å². The average molecular weight is 242 g/mol. The van der Waals surface area contributed by atoms with Crippen molar-refractivity contribution in [2.24, 2.45) is 5.84 Å². The van der Waals surface area contributed by atoms with Gasteiger partial charge in [0.15, 0.2) is 0 Å². The predicted molar refractivity (Wildman–Crippen MR) is 64.9 cm³/mol. The quantitative estimate of drug-likeness (QED) is 0.380. The van der Waals surface area contributed by atoms with Crippen LogP contribution >= 0.6 is 0 Å². The maximum Gasteiger partial charge on any atom is 0.251 e. The number of likely N-dealkylation sites (tertiary alicyclic amines) is 1. The fourth-order valence-corrected chi connectivity index (χ4v) is 2.18. The summed E-state index contributed by atoms with van der Waals surface area (Å²) >= 11 is 0. The van der Waals surface area contributed by atoms with Crippen LogP contribution < -0.4 is 11.3 Å². The summed E-state index contributed by atoms with van der Waals surface area (Å²) in [5.74, 6) is 4.96. The third-order valence-electron chi connectivity index (χ3n) is 3.21. The van der Waals surface area contributed by atoms with Crippen molar-refractivity contribution in [1.29, 1.82) is 0 Å². The molecule has 0 bridgehead atoms. The molecule has 98 valence electrons. The van der Waals surface area contributed by atoms with E-state index in [9.17, 15) is 9.59 Å². The highest BCUT2D eigenvalue weighted by Crippen LogP contribution is 2.09. The molecule has 0 aliphatic carbocycles. The number of nitrogens with one attached hydrogen (secondary N) is 1. The number of likely N-dealkylation sites (N-methyl/N-ethyl adjacent to an activating group) is 1. The second-order valence-corrected chi connectivity index (χ2v) is 4.44. The number of carbonyl (C=O) groups excluding carboxylic acids is 2. The summed E-state index contributed by atoms with van der Waals surface area (Å²) in [5.41, 5.74) is 2.13. The van der Waals surface area contributed by atoms with Gasteiger partial charge in [-0.25, -0.2) is 5.84 Å². The minimum Gasteiger partial charge on any atom is -0.342 e. The third-order valence-corrected chi connectivity index (χ3v) is 3.21. The first-order chi connectivity index (χ1) is 8.10. The smallest absolute Gasteiger partial charge is 0.251 e. The summed E-state index contributed by atoms with van der Waals surface area (Å²) in [6, 6.07) is -0.341. The SMILES string of the molecule is CCC(C(=O)NN)N(C)CC(=O)N1CCCC1. The molecule has 1 rings (SSSR count). The molecule has 1 heterocycles. The highest BCUT2D eigenvalue weighted by Gasteiger charge is 2.25. The van der Waals surface area contributed by atoms with Crippen molar-refractivity contribution >= 4 is 11.8 Å². The second kappa shape index (κ2) is 6.56. The molecule has 3 N–H and O–H groups in total. The van der Waals surface area contributed by atoms with E-state index >= 15 is 0 Å². The molecule has 17 heavy (non-hydrogen) atoms. The van der Waals surface area contributed by atoms with Gasteiger partial charge in [0.2, 0.25) is 5.91 Å². The van der Waals surface area contributed by atoms with Crippen molar-refractivity contribution in [2.45, 2.75) is 32.2 Å². The number of hydrogen-bond acceptors (Lipinski definition) is 4. The third kappa shape index (κ3) is 3.67. The van der Waals surface area contributed by atoms with E-state index in [1.54, 1.807) is 11.9 Å². The van der Waals surface area contributed by atoms with Gasteiger partial charge in [-0.3, -0.25) is 19.9 Å². The van der Waals surface area contributed by atoms with Gasteiger partial charge in [-0.1, -0.05) is 6.92 Å². The van der Waals surface area contributed by atoms with Crippen LogP contribution in [0.1, 0.15) is 26.2 Å². The fraction of sp³-hybridized carbons (Fsp3) is 0.818. The first-order valence-corrected chi connectivity index (χ1v) is 6.08. The molecule has 1 aliphatic heterocycles. The molecular weight excluding hydrogens is 220 g/mol. The molecule has 0 spiro atoms. The van der Waals surface area contributed by atoms with Crippen LogP contribution in [0.4, 0.5) is 0 Å². The monoisotopic (exact) mass is 242 g/mol. The predicted octanol–water partition coefficient (Wildman–Crippen LogP) is -0.691. The van der Waals surface area contributed by atoms with Gasteiger partial charge in [-0.15, -0.1) is 0 Å². The summed E-state index contributed by atoms with van der Waals surface area (Å²) < 4.78 is 0. The lowest BCUT2D eigenvalue weighted by Crippen LogP contribution is -2.50. The van der Waals surface area contributed by atoms with E-state index in [0.717, 1.165) is 25.9 Å². The fourth-order valence-electron chi connectivity index (χ4n) is 2.18. The van der Waals surface area contributed by atoms with Gasteiger partial charge in [-0.2, -0.15) is 0 Å². The largest absolute Gasteiger partial charge is 0.342 e. The van der Waals surface area contributed by atoms with Gasteiger partial charge in [0.1, 0.15) is 0 Å². The Bertz CT molecular complexity index is 277. The molecule has 1 unspecified atom stereocenters. The molecule has 0 aromatic carbocycles. The summed E-state index contributed by atoms with van der Waals surface area (Å²) in [7, 11) is 1.78. The zero-order chi connectivity index (χ0) is 12.8. The Morgan fingerprint density at radius 1 is 1.41 bits per heavy atom. The summed E-state index contributed by atoms with van der Waals surface area (Å²) in [4.78, 5) is 27.0. The first kappa shape index (κ1) is 13.9. The van der Waals surface area contributed by atoms with E-state index in [2.05, 4.69) is 5.43 Å². The topological polar surface area (TPSA) is 78.7 Å². The van der Waals surface area contributed by atoms with E-state index < -0.39 is 0 Å². The zero-order valence-electron chi connectivity index (χ0n) is 10.6. The maximum atomic E-state index is 11.9. The van der Waals surface area contributed by atoms with Crippen LogP contribution in [0.3, 0.4) is 0 Å². The van der Waals surface area contributed by atoms with Crippen LogP contribution in [0.5, 0.6) is 0 Å². The highest BCUT2D eigenvalue weighted by atomic mass is 16.2. The number of rotatable bonds is 5. The number of nitrogens with two attached hydrogens (primary N) is 1. The Kier molecular flexibility index (Phi) is 5.37. The summed E-state index contributed by atoms with van der Waals surface area (Å²) in [5, 5.41) is 0. The number of carbonyl (C=O) groups is 2. The van der Waals surface area contributed by atoms with Gasteiger partial charge < -0.3 is 4.90 Å². The molecule has 2 amide bonds. The minimum atomic E-state index is -0.341. The Labute approximate surface area is 102 Å². The molecule has 0 aromatic rings. The zero-order valence-corrected chi connectivity index (χ0v) is 10.6. The lowest BCUT2D eigenvalue weighted by atomic mass is 10.2. The number of nitrogens with zero attached hydrogens (tertiary/aromatic N) is 2. The van der Waals surface area contributed by atoms with Gasteiger partial charge in [0, 0.05) is 13.1 Å². The first-order valence-electron chi connectivity index (χ1n) is 6.08. The second-order valence-electron chi connectivity index (χ2n) is 4.44. The highest BCUT2D eigenvalue weighted by molar-refractivity contribution is 5.83. The molecule has 0 radical (unpaired) electrons. The molecular formula is C11H22N4O2. The summed E-state index contributed by atoms with van der Waals surface area (Å²) in [6.45, 7) is 3.85. The lowest BCUT2D eigenvalue weighted by Gasteiger charge is -2.26. The van der Waals surface area contributed by atoms with E-state index in [1.807, 2.05) is 11.8 Å². The lowest BCUT2D eigenvalue weighted by molar-refractivity contribution is -0.133. The summed E-state index contributed by atoms with van der Waals surface area (Å²) in [6.07, 6.45) is 2.79. The molecule has 1 atom stereocenters. The molecule has 0 aromatic heterocycles. The molecule has 1 saturated heterocycles. The van der Waals surface area contributed by atoms with Gasteiger partial charge in [0.25, 0.3) is 5.91 Å². The van der Waals surface area contributed by atoms with Crippen LogP contribution in [-0.2, 0) is 9.59 Å². The van der Waals surface area contributed by atoms with Crippen molar-refractivity contribution in [3.63, 3.8) is 0 Å². The average Bonchev–Trinajstić information content (AvgIpc) is 2.83. The Morgan fingerprint density at radius 3 is 2.47 bits per heavy atom. The van der Waals surface area contributed by atoms with Crippen molar-refractivity contribution in [3.8, 4) is 0 Å². The number of hydrazine groups is 1. The van der Waals surface area contributed by atoms with E-state index in [1.165, 1.54) is 0 Å². The molecule has 6 heteroatoms. The Balaban J connectivity index is 2.48. The van der Waals surface area contributed by atoms with Crippen molar-refractivity contribution < 1.29 is 9.59 Å². The molecule has 1 fully saturated rings. The normalized spacial score (nSPS) is 17.3.